The first-order chi connectivity index (χ1) is 7.79. The molecule has 0 amide bonds. The number of piperidine rings is 1. The lowest BCUT2D eigenvalue weighted by Gasteiger charge is -2.38. The molecule has 91 valence electrons. The van der Waals surface area contributed by atoms with E-state index in [1.807, 2.05) is 0 Å². The SMILES string of the molecule is CN1CCCN(N2CCCC([C]=O)C2)CC1. The predicted molar refractivity (Wildman–Crippen MR) is 63.7 cm³/mol. The van der Waals surface area contributed by atoms with Gasteiger partial charge in [-0.25, -0.2) is 10.0 Å². The monoisotopic (exact) mass is 224 g/mol. The number of hydrazine groups is 1. The van der Waals surface area contributed by atoms with Crippen LogP contribution in [0.3, 0.4) is 0 Å². The minimum atomic E-state index is 0.134. The summed E-state index contributed by atoms with van der Waals surface area (Å²) in [6, 6.07) is 0. The molecule has 2 heterocycles. The van der Waals surface area contributed by atoms with Crippen LogP contribution in [0.4, 0.5) is 0 Å². The molecule has 0 aliphatic carbocycles. The first-order valence-corrected chi connectivity index (χ1v) is 6.35. The van der Waals surface area contributed by atoms with Gasteiger partial charge in [0, 0.05) is 38.6 Å². The molecular weight excluding hydrogens is 202 g/mol. The summed E-state index contributed by atoms with van der Waals surface area (Å²) < 4.78 is 0. The summed E-state index contributed by atoms with van der Waals surface area (Å²) >= 11 is 0. The molecule has 1 radical (unpaired) electrons. The fraction of sp³-hybridized carbons (Fsp3) is 0.917. The van der Waals surface area contributed by atoms with Crippen molar-refractivity contribution in [3.05, 3.63) is 0 Å². The van der Waals surface area contributed by atoms with Gasteiger partial charge < -0.3 is 4.90 Å². The van der Waals surface area contributed by atoms with E-state index in [2.05, 4.69) is 28.3 Å². The highest BCUT2D eigenvalue weighted by molar-refractivity contribution is 5.54. The van der Waals surface area contributed by atoms with Gasteiger partial charge in [-0.05, 0) is 32.9 Å². The highest BCUT2D eigenvalue weighted by Gasteiger charge is 2.25. The van der Waals surface area contributed by atoms with Crippen LogP contribution in [0.25, 0.3) is 0 Å². The van der Waals surface area contributed by atoms with E-state index in [-0.39, 0.29) is 5.92 Å². The molecule has 0 aromatic carbocycles. The number of likely N-dealkylation sites (N-methyl/N-ethyl adjacent to an activating group) is 1. The van der Waals surface area contributed by atoms with E-state index in [0.717, 1.165) is 45.6 Å². The number of carbonyl (C=O) groups excluding carboxylic acids is 1. The maximum absolute atomic E-state index is 10.7. The average Bonchev–Trinajstić information content (AvgIpc) is 2.54. The van der Waals surface area contributed by atoms with Crippen LogP contribution in [0, 0.1) is 5.92 Å². The maximum Gasteiger partial charge on any atom is 0.203 e. The van der Waals surface area contributed by atoms with Crippen LogP contribution in [0.5, 0.6) is 0 Å². The number of hydrogen-bond donors (Lipinski definition) is 0. The molecule has 2 saturated heterocycles. The van der Waals surface area contributed by atoms with Crippen LogP contribution in [0.1, 0.15) is 19.3 Å². The molecular formula is C12H22N3O. The molecule has 0 aromatic rings. The van der Waals surface area contributed by atoms with Crippen LogP contribution in [-0.2, 0) is 4.79 Å². The second-order valence-corrected chi connectivity index (χ2v) is 4.98. The van der Waals surface area contributed by atoms with Gasteiger partial charge in [0.15, 0.2) is 0 Å². The fourth-order valence-corrected chi connectivity index (χ4v) is 2.63. The third-order valence-electron chi connectivity index (χ3n) is 3.66. The van der Waals surface area contributed by atoms with Crippen molar-refractivity contribution in [2.24, 2.45) is 5.92 Å². The molecule has 2 fully saturated rings. The summed E-state index contributed by atoms with van der Waals surface area (Å²) in [4.78, 5) is 13.1. The Kier molecular flexibility index (Phi) is 4.32. The molecule has 2 aliphatic rings. The van der Waals surface area contributed by atoms with Crippen LogP contribution < -0.4 is 0 Å². The van der Waals surface area contributed by atoms with Gasteiger partial charge in [-0.3, -0.25) is 4.79 Å². The van der Waals surface area contributed by atoms with Crippen molar-refractivity contribution >= 4 is 6.29 Å². The average molecular weight is 224 g/mol. The van der Waals surface area contributed by atoms with Gasteiger partial charge in [-0.15, -0.1) is 0 Å². The van der Waals surface area contributed by atoms with Crippen molar-refractivity contribution in [3.63, 3.8) is 0 Å². The Labute approximate surface area is 98.2 Å². The van der Waals surface area contributed by atoms with E-state index >= 15 is 0 Å². The summed E-state index contributed by atoms with van der Waals surface area (Å²) in [7, 11) is 2.18. The molecule has 4 heteroatoms. The smallest absolute Gasteiger partial charge is 0.203 e. The topological polar surface area (TPSA) is 26.8 Å². The van der Waals surface area contributed by atoms with Gasteiger partial charge >= 0.3 is 0 Å². The van der Waals surface area contributed by atoms with Crippen molar-refractivity contribution in [1.82, 2.24) is 14.9 Å². The summed E-state index contributed by atoms with van der Waals surface area (Å²) in [6.45, 7) is 6.55. The van der Waals surface area contributed by atoms with E-state index in [1.165, 1.54) is 13.0 Å². The lowest BCUT2D eigenvalue weighted by atomic mass is 10.0. The maximum atomic E-state index is 10.7. The Bertz CT molecular complexity index is 234. The Morgan fingerprint density at radius 2 is 1.81 bits per heavy atom. The Balaban J connectivity index is 1.87. The van der Waals surface area contributed by atoms with E-state index in [0.29, 0.717) is 0 Å². The minimum Gasteiger partial charge on any atom is -0.305 e. The number of nitrogens with zero attached hydrogens (tertiary/aromatic N) is 3. The summed E-state index contributed by atoms with van der Waals surface area (Å²) in [5.41, 5.74) is 0. The lowest BCUT2D eigenvalue weighted by molar-refractivity contribution is -0.0434. The molecule has 0 bridgehead atoms. The van der Waals surface area contributed by atoms with Gasteiger partial charge in [0.25, 0.3) is 0 Å². The highest BCUT2D eigenvalue weighted by atomic mass is 16.1. The normalized spacial score (nSPS) is 31.2. The van der Waals surface area contributed by atoms with E-state index in [1.54, 1.807) is 0 Å². The van der Waals surface area contributed by atoms with Crippen LogP contribution in [0.2, 0.25) is 0 Å². The minimum absolute atomic E-state index is 0.134. The van der Waals surface area contributed by atoms with Crippen molar-refractivity contribution in [3.8, 4) is 0 Å². The molecule has 1 atom stereocenters. The summed E-state index contributed by atoms with van der Waals surface area (Å²) in [5.74, 6) is 0.134. The highest BCUT2D eigenvalue weighted by Crippen LogP contribution is 2.17. The quantitative estimate of drug-likeness (QED) is 0.677. The van der Waals surface area contributed by atoms with Gasteiger partial charge in [0.2, 0.25) is 6.29 Å². The van der Waals surface area contributed by atoms with E-state index in [9.17, 15) is 4.79 Å². The molecule has 2 rings (SSSR count). The predicted octanol–water partition coefficient (Wildman–Crippen LogP) is 0.361. The van der Waals surface area contributed by atoms with Gasteiger partial charge in [-0.2, -0.15) is 0 Å². The van der Waals surface area contributed by atoms with Gasteiger partial charge in [-0.1, -0.05) is 0 Å². The first kappa shape index (κ1) is 12.0. The van der Waals surface area contributed by atoms with Crippen molar-refractivity contribution < 1.29 is 4.79 Å². The molecule has 1 unspecified atom stereocenters. The van der Waals surface area contributed by atoms with Crippen LogP contribution >= 0.6 is 0 Å². The lowest BCUT2D eigenvalue weighted by Crippen LogP contribution is -2.49. The third kappa shape index (κ3) is 3.03. The van der Waals surface area contributed by atoms with Crippen LogP contribution in [0.15, 0.2) is 0 Å². The zero-order valence-corrected chi connectivity index (χ0v) is 10.2. The molecule has 2 aliphatic heterocycles. The zero-order valence-electron chi connectivity index (χ0n) is 10.2. The molecule has 16 heavy (non-hydrogen) atoms. The summed E-state index contributed by atoms with van der Waals surface area (Å²) in [6.07, 6.45) is 5.55. The molecule has 0 spiro atoms. The number of rotatable bonds is 2. The second-order valence-electron chi connectivity index (χ2n) is 4.98. The van der Waals surface area contributed by atoms with Gasteiger partial charge in [0.05, 0.1) is 0 Å². The van der Waals surface area contributed by atoms with Gasteiger partial charge in [0.1, 0.15) is 0 Å². The number of hydrogen-bond acceptors (Lipinski definition) is 4. The van der Waals surface area contributed by atoms with Crippen molar-refractivity contribution in [2.45, 2.75) is 19.3 Å². The Morgan fingerprint density at radius 1 is 1.00 bits per heavy atom. The third-order valence-corrected chi connectivity index (χ3v) is 3.66. The van der Waals surface area contributed by atoms with Crippen LogP contribution in [-0.4, -0.2) is 67.5 Å². The van der Waals surface area contributed by atoms with E-state index in [4.69, 9.17) is 0 Å². The first-order valence-electron chi connectivity index (χ1n) is 6.35. The standard InChI is InChI=1S/C12H22N3O/c1-13-5-3-7-14(9-8-13)15-6-2-4-12(10-15)11-16/h12H,2-10H2,1H3. The van der Waals surface area contributed by atoms with E-state index < -0.39 is 0 Å². The van der Waals surface area contributed by atoms with Crippen molar-refractivity contribution in [1.29, 1.82) is 0 Å². The molecule has 0 saturated carbocycles. The second kappa shape index (κ2) is 5.75. The summed E-state index contributed by atoms with van der Waals surface area (Å²) in [5, 5.41) is 4.81. The fourth-order valence-electron chi connectivity index (χ4n) is 2.63. The zero-order chi connectivity index (χ0) is 11.4. The molecule has 4 nitrogen and oxygen atoms in total. The van der Waals surface area contributed by atoms with Crippen molar-refractivity contribution in [2.75, 3.05) is 46.3 Å². The molecule has 0 N–H and O–H groups in total. The largest absolute Gasteiger partial charge is 0.305 e. The molecule has 0 aromatic heterocycles. The Morgan fingerprint density at radius 3 is 2.62 bits per heavy atom. The Hall–Kier alpha value is -0.450.